The van der Waals surface area contributed by atoms with Crippen LogP contribution < -0.4 is 10.2 Å². The highest BCUT2D eigenvalue weighted by Crippen LogP contribution is 2.27. The van der Waals surface area contributed by atoms with Gasteiger partial charge in [0.15, 0.2) is 0 Å². The number of carbonyl (C=O) groups excluding carboxylic acids is 1. The standard InChI is InChI=1S/C18H22N4O/c1-2-3-11-19-18-20-12-10-15(21-18)17(23)22-13-6-8-14-7-4-5-9-16(14)22/h4-5,7,9-10,12H,2-3,6,8,11,13H2,1H3,(H,19,20,21). The van der Waals surface area contributed by atoms with E-state index in [1.807, 2.05) is 23.1 Å². The molecule has 0 saturated heterocycles. The molecule has 1 N–H and O–H groups in total. The minimum absolute atomic E-state index is 0.0573. The van der Waals surface area contributed by atoms with Crippen molar-refractivity contribution in [3.05, 3.63) is 47.8 Å². The number of rotatable bonds is 5. The van der Waals surface area contributed by atoms with Gasteiger partial charge in [0.1, 0.15) is 5.69 Å². The van der Waals surface area contributed by atoms with Crippen molar-refractivity contribution in [3.8, 4) is 0 Å². The van der Waals surface area contributed by atoms with Gasteiger partial charge in [0.2, 0.25) is 5.95 Å². The van der Waals surface area contributed by atoms with Crippen LogP contribution in [0.15, 0.2) is 36.5 Å². The maximum absolute atomic E-state index is 12.9. The van der Waals surface area contributed by atoms with Gasteiger partial charge in [-0.05, 0) is 37.0 Å². The predicted molar refractivity (Wildman–Crippen MR) is 91.9 cm³/mol. The minimum Gasteiger partial charge on any atom is -0.354 e. The Labute approximate surface area is 136 Å². The summed E-state index contributed by atoms with van der Waals surface area (Å²) in [4.78, 5) is 23.3. The second-order valence-corrected chi connectivity index (χ2v) is 5.73. The Morgan fingerprint density at radius 3 is 3.04 bits per heavy atom. The molecule has 1 aromatic carbocycles. The van der Waals surface area contributed by atoms with Crippen molar-refractivity contribution in [1.82, 2.24) is 9.97 Å². The van der Waals surface area contributed by atoms with Crippen LogP contribution in [0.4, 0.5) is 11.6 Å². The molecule has 0 unspecified atom stereocenters. The summed E-state index contributed by atoms with van der Waals surface area (Å²) in [5.41, 5.74) is 2.67. The molecule has 0 atom stereocenters. The maximum atomic E-state index is 12.9. The molecule has 23 heavy (non-hydrogen) atoms. The summed E-state index contributed by atoms with van der Waals surface area (Å²) in [6, 6.07) is 9.78. The molecule has 0 bridgehead atoms. The zero-order chi connectivity index (χ0) is 16.1. The zero-order valence-corrected chi connectivity index (χ0v) is 13.5. The van der Waals surface area contributed by atoms with Crippen molar-refractivity contribution in [1.29, 1.82) is 0 Å². The summed E-state index contributed by atoms with van der Waals surface area (Å²) in [6.45, 7) is 3.69. The highest BCUT2D eigenvalue weighted by Gasteiger charge is 2.24. The first-order chi connectivity index (χ1) is 11.3. The van der Waals surface area contributed by atoms with E-state index < -0.39 is 0 Å². The van der Waals surface area contributed by atoms with Crippen molar-refractivity contribution in [2.75, 3.05) is 23.3 Å². The summed E-state index contributed by atoms with van der Waals surface area (Å²) in [7, 11) is 0. The Morgan fingerprint density at radius 2 is 2.17 bits per heavy atom. The molecular formula is C18H22N4O. The summed E-state index contributed by atoms with van der Waals surface area (Å²) in [5.74, 6) is 0.465. The molecule has 0 aliphatic carbocycles. The fraction of sp³-hybridized carbons (Fsp3) is 0.389. The van der Waals surface area contributed by atoms with Crippen LogP contribution in [0.25, 0.3) is 0 Å². The van der Waals surface area contributed by atoms with Crippen LogP contribution in [0.3, 0.4) is 0 Å². The number of amides is 1. The van der Waals surface area contributed by atoms with Gasteiger partial charge in [-0.3, -0.25) is 4.79 Å². The molecule has 2 heterocycles. The average Bonchev–Trinajstić information content (AvgIpc) is 2.61. The summed E-state index contributed by atoms with van der Waals surface area (Å²) >= 11 is 0. The van der Waals surface area contributed by atoms with E-state index in [2.05, 4.69) is 28.3 Å². The molecule has 1 aliphatic rings. The summed E-state index contributed by atoms with van der Waals surface area (Å²) in [5, 5.41) is 3.17. The number of nitrogens with zero attached hydrogens (tertiary/aromatic N) is 3. The number of unbranched alkanes of at least 4 members (excludes halogenated alkanes) is 1. The van der Waals surface area contributed by atoms with Gasteiger partial charge in [-0.15, -0.1) is 0 Å². The Bertz CT molecular complexity index is 686. The van der Waals surface area contributed by atoms with Crippen molar-refractivity contribution in [2.45, 2.75) is 32.6 Å². The molecule has 0 spiro atoms. The van der Waals surface area contributed by atoms with E-state index in [4.69, 9.17) is 0 Å². The normalized spacial score (nSPS) is 13.5. The SMILES string of the molecule is CCCCNc1nccc(C(=O)N2CCCc3ccccc32)n1. The third-order valence-electron chi connectivity index (χ3n) is 4.04. The highest BCUT2D eigenvalue weighted by molar-refractivity contribution is 6.05. The second kappa shape index (κ2) is 7.22. The monoisotopic (exact) mass is 310 g/mol. The predicted octanol–water partition coefficient (Wildman–Crippen LogP) is 3.28. The van der Waals surface area contributed by atoms with E-state index in [0.717, 1.165) is 44.5 Å². The second-order valence-electron chi connectivity index (χ2n) is 5.73. The van der Waals surface area contributed by atoms with Gasteiger partial charge in [-0.25, -0.2) is 9.97 Å². The number of hydrogen-bond donors (Lipinski definition) is 1. The van der Waals surface area contributed by atoms with Gasteiger partial charge >= 0.3 is 0 Å². The Balaban J connectivity index is 1.80. The van der Waals surface area contributed by atoms with Gasteiger partial charge in [0, 0.05) is 25.0 Å². The number of hydrogen-bond acceptors (Lipinski definition) is 4. The average molecular weight is 310 g/mol. The molecule has 0 radical (unpaired) electrons. The molecule has 2 aromatic rings. The molecule has 5 nitrogen and oxygen atoms in total. The van der Waals surface area contributed by atoms with Crippen LogP contribution in [0, 0.1) is 0 Å². The number of aromatic nitrogens is 2. The molecule has 3 rings (SSSR count). The Kier molecular flexibility index (Phi) is 4.86. The number of para-hydroxylation sites is 1. The van der Waals surface area contributed by atoms with Crippen LogP contribution in [0.5, 0.6) is 0 Å². The lowest BCUT2D eigenvalue weighted by Gasteiger charge is -2.29. The van der Waals surface area contributed by atoms with Gasteiger partial charge in [-0.2, -0.15) is 0 Å². The molecular weight excluding hydrogens is 288 g/mol. The number of fused-ring (bicyclic) bond motifs is 1. The largest absolute Gasteiger partial charge is 0.354 e. The van der Waals surface area contributed by atoms with Gasteiger partial charge < -0.3 is 10.2 Å². The van der Waals surface area contributed by atoms with Crippen molar-refractivity contribution >= 4 is 17.5 Å². The van der Waals surface area contributed by atoms with Crippen LogP contribution >= 0.6 is 0 Å². The first kappa shape index (κ1) is 15.5. The third kappa shape index (κ3) is 3.50. The lowest BCUT2D eigenvalue weighted by Crippen LogP contribution is -2.36. The van der Waals surface area contributed by atoms with Crippen LogP contribution in [-0.4, -0.2) is 29.0 Å². The fourth-order valence-corrected chi connectivity index (χ4v) is 2.82. The molecule has 0 saturated carbocycles. The van der Waals surface area contributed by atoms with Crippen molar-refractivity contribution < 1.29 is 4.79 Å². The van der Waals surface area contributed by atoms with E-state index in [-0.39, 0.29) is 5.91 Å². The zero-order valence-electron chi connectivity index (χ0n) is 13.5. The molecule has 1 aromatic heterocycles. The molecule has 0 fully saturated rings. The fourth-order valence-electron chi connectivity index (χ4n) is 2.82. The first-order valence-electron chi connectivity index (χ1n) is 8.26. The molecule has 1 amide bonds. The Morgan fingerprint density at radius 1 is 1.30 bits per heavy atom. The van der Waals surface area contributed by atoms with E-state index in [9.17, 15) is 4.79 Å². The van der Waals surface area contributed by atoms with E-state index >= 15 is 0 Å². The van der Waals surface area contributed by atoms with Crippen molar-refractivity contribution in [2.24, 2.45) is 0 Å². The number of aryl methyl sites for hydroxylation is 1. The van der Waals surface area contributed by atoms with E-state index in [0.29, 0.717) is 11.6 Å². The van der Waals surface area contributed by atoms with Crippen LogP contribution in [0.2, 0.25) is 0 Å². The van der Waals surface area contributed by atoms with Crippen LogP contribution in [0.1, 0.15) is 42.2 Å². The lowest BCUT2D eigenvalue weighted by molar-refractivity contribution is 0.0980. The topological polar surface area (TPSA) is 58.1 Å². The molecule has 1 aliphatic heterocycles. The quantitative estimate of drug-likeness (QED) is 0.861. The van der Waals surface area contributed by atoms with Gasteiger partial charge in [0.05, 0.1) is 0 Å². The number of benzene rings is 1. The Hall–Kier alpha value is -2.43. The van der Waals surface area contributed by atoms with Crippen molar-refractivity contribution in [3.63, 3.8) is 0 Å². The smallest absolute Gasteiger partial charge is 0.277 e. The molecule has 5 heteroatoms. The molecule has 120 valence electrons. The highest BCUT2D eigenvalue weighted by atomic mass is 16.2. The van der Waals surface area contributed by atoms with Gasteiger partial charge in [0.25, 0.3) is 5.91 Å². The minimum atomic E-state index is -0.0573. The van der Waals surface area contributed by atoms with E-state index in [1.54, 1.807) is 12.3 Å². The first-order valence-corrected chi connectivity index (χ1v) is 8.26. The summed E-state index contributed by atoms with van der Waals surface area (Å²) in [6.07, 6.45) is 5.81. The maximum Gasteiger partial charge on any atom is 0.277 e. The third-order valence-corrected chi connectivity index (χ3v) is 4.04. The van der Waals surface area contributed by atoms with E-state index in [1.165, 1.54) is 5.56 Å². The number of anilines is 2. The van der Waals surface area contributed by atoms with Crippen LogP contribution in [-0.2, 0) is 6.42 Å². The summed E-state index contributed by atoms with van der Waals surface area (Å²) < 4.78 is 0. The number of carbonyl (C=O) groups is 1. The lowest BCUT2D eigenvalue weighted by atomic mass is 10.0. The number of nitrogens with one attached hydrogen (secondary N) is 1. The van der Waals surface area contributed by atoms with Gasteiger partial charge in [-0.1, -0.05) is 31.5 Å².